The minimum Gasteiger partial charge on any atom is -0.144 e. The first-order chi connectivity index (χ1) is 31.1. The van der Waals surface area contributed by atoms with Crippen LogP contribution in [0.5, 0.6) is 0 Å². The van der Waals surface area contributed by atoms with E-state index in [9.17, 15) is 0 Å². The van der Waals surface area contributed by atoms with Crippen molar-refractivity contribution in [1.29, 1.82) is 0 Å². The smallest absolute Gasteiger partial charge is 0.144 e. The van der Waals surface area contributed by atoms with Crippen LogP contribution < -0.4 is 16.4 Å². The lowest BCUT2D eigenvalue weighted by Gasteiger charge is -2.32. The highest BCUT2D eigenvalue weighted by Crippen LogP contribution is 2.46. The largest absolute Gasteiger partial charge is 0.245 e. The second-order valence-corrected chi connectivity index (χ2v) is 22.3. The molecule has 1 aliphatic heterocycles. The number of hydrogen-bond donors (Lipinski definition) is 1. The average molecular weight is 877 g/mol. The summed E-state index contributed by atoms with van der Waals surface area (Å²) in [7, 11) is 0. The second kappa shape index (κ2) is 16.3. The lowest BCUT2D eigenvalue weighted by Crippen LogP contribution is -2.56. The predicted molar refractivity (Wildman–Crippen MR) is 287 cm³/mol. The molecule has 0 N–H and O–H groups in total. The number of aryl methyl sites for hydroxylation is 1. The first-order valence-electron chi connectivity index (χ1n) is 23.1. The summed E-state index contributed by atoms with van der Waals surface area (Å²) < 4.78 is 0. The third-order valence-electron chi connectivity index (χ3n) is 14.0. The predicted octanol–water partition coefficient (Wildman–Crippen LogP) is 15.5. The van der Waals surface area contributed by atoms with Gasteiger partial charge < -0.3 is 0 Å². The first-order valence-corrected chi connectivity index (χ1v) is 24.4. The van der Waals surface area contributed by atoms with Gasteiger partial charge in [-0.05, 0) is 124 Å². The maximum atomic E-state index is 5.26. The van der Waals surface area contributed by atoms with E-state index in [1.54, 1.807) is 0 Å². The van der Waals surface area contributed by atoms with Gasteiger partial charge in [-0.15, -0.1) is 12.6 Å². The third-order valence-corrected chi connectivity index (χ3v) is 15.5. The molecule has 0 fully saturated rings. The highest BCUT2D eigenvalue weighted by atomic mass is 32.2. The minimum atomic E-state index is -0.269. The molecule has 1 heterocycles. The van der Waals surface area contributed by atoms with Gasteiger partial charge in [-0.2, -0.15) is 0 Å². The fraction of sp³-hybridized carbons (Fsp3) is 0.194. The van der Waals surface area contributed by atoms with Gasteiger partial charge in [0.25, 0.3) is 0 Å². The Balaban J connectivity index is 1.23. The van der Waals surface area contributed by atoms with E-state index in [0.29, 0.717) is 0 Å². The van der Waals surface area contributed by atoms with Crippen molar-refractivity contribution >= 4 is 69.0 Å². The summed E-state index contributed by atoms with van der Waals surface area (Å²) >= 11 is 7.19. The molecule has 9 aromatic carbocycles. The quantitative estimate of drug-likeness (QED) is 0.0986. The van der Waals surface area contributed by atoms with Crippen LogP contribution in [0.15, 0.2) is 191 Å². The van der Waals surface area contributed by atoms with Crippen molar-refractivity contribution in [3.05, 3.63) is 204 Å². The molecule has 0 unspecified atom stereocenters. The second-order valence-electron chi connectivity index (χ2n) is 20.8. The lowest BCUT2D eigenvalue weighted by atomic mass is 9.35. The van der Waals surface area contributed by atoms with Crippen LogP contribution in [0.2, 0.25) is 0 Å². The number of fused-ring (bicyclic) bond motifs is 4. The van der Waals surface area contributed by atoms with Crippen LogP contribution in [0.3, 0.4) is 0 Å². The van der Waals surface area contributed by atoms with Crippen molar-refractivity contribution in [3.8, 4) is 33.4 Å². The fourth-order valence-electron chi connectivity index (χ4n) is 10.2. The molecular weight excluding hydrogens is 820 g/mol. The molecule has 10 rings (SSSR count). The summed E-state index contributed by atoms with van der Waals surface area (Å²) in [6.07, 6.45) is 0. The van der Waals surface area contributed by atoms with Crippen LogP contribution in [0.1, 0.15) is 83.2 Å². The highest BCUT2D eigenvalue weighted by Gasteiger charge is 2.36. The molecule has 0 bridgehead atoms. The van der Waals surface area contributed by atoms with Crippen LogP contribution in [0.25, 0.3) is 54.9 Å². The summed E-state index contributed by atoms with van der Waals surface area (Å²) in [6.45, 7) is 20.9. The summed E-state index contributed by atoms with van der Waals surface area (Å²) in [5, 5.41) is 5.05. The lowest BCUT2D eigenvalue weighted by molar-refractivity contribution is 0.589. The number of rotatable bonds is 6. The molecule has 0 aromatic heterocycles. The van der Waals surface area contributed by atoms with E-state index in [1.165, 1.54) is 109 Å². The van der Waals surface area contributed by atoms with Crippen molar-refractivity contribution < 1.29 is 0 Å². The molecular formula is C62H57BS2. The van der Waals surface area contributed by atoms with E-state index in [4.69, 9.17) is 12.6 Å². The Morgan fingerprint density at radius 3 is 1.46 bits per heavy atom. The van der Waals surface area contributed by atoms with Crippen molar-refractivity contribution in [2.24, 2.45) is 0 Å². The zero-order valence-corrected chi connectivity index (χ0v) is 40.9. The molecule has 0 aliphatic carbocycles. The maximum absolute atomic E-state index is 5.26. The molecule has 0 saturated carbocycles. The topological polar surface area (TPSA) is 0 Å². The molecule has 0 atom stereocenters. The molecule has 0 spiro atoms. The molecule has 0 nitrogen and oxygen atoms in total. The molecule has 9 aromatic rings. The van der Waals surface area contributed by atoms with Crippen LogP contribution in [-0.2, 0) is 16.2 Å². The Morgan fingerprint density at radius 1 is 0.400 bits per heavy atom. The Bertz CT molecular complexity index is 3230. The normalized spacial score (nSPS) is 13.0. The van der Waals surface area contributed by atoms with Crippen molar-refractivity contribution in [3.63, 3.8) is 0 Å². The van der Waals surface area contributed by atoms with Gasteiger partial charge in [-0.25, -0.2) is 0 Å². The highest BCUT2D eigenvalue weighted by molar-refractivity contribution is 8.00. The maximum Gasteiger partial charge on any atom is 0.245 e. The van der Waals surface area contributed by atoms with Gasteiger partial charge in [0.1, 0.15) is 0 Å². The number of thiol groups is 1. The van der Waals surface area contributed by atoms with E-state index in [-0.39, 0.29) is 23.0 Å². The summed E-state index contributed by atoms with van der Waals surface area (Å²) in [5.41, 5.74) is 17.8. The fourth-order valence-corrected chi connectivity index (χ4v) is 11.9. The zero-order chi connectivity index (χ0) is 45.4. The van der Waals surface area contributed by atoms with Gasteiger partial charge in [-0.1, -0.05) is 241 Å². The standard InChI is InChI=1S/C62H57BS2/c1-39-32-41(36-56-59(39)63(52-30-28-45(37-54(52)64)60(2,3)4)53-31-29-46(61(5,6)7)38-55(53)65-56)42-33-43(35-47(34-42)62(8,9)44-22-14-11-15-23-44)58-50-26-18-16-24-48(50)57(40-20-12-10-13-21-40)49-25-17-19-27-51(49)58/h10-38,64H,1-9H3. The van der Waals surface area contributed by atoms with Gasteiger partial charge in [0.2, 0.25) is 6.71 Å². The Labute approximate surface area is 397 Å². The van der Waals surface area contributed by atoms with E-state index in [0.717, 1.165) is 4.90 Å². The summed E-state index contributed by atoms with van der Waals surface area (Å²) in [6, 6.07) is 66.5. The molecule has 3 heteroatoms. The monoisotopic (exact) mass is 876 g/mol. The first kappa shape index (κ1) is 43.2. The molecule has 320 valence electrons. The van der Waals surface area contributed by atoms with Gasteiger partial charge >= 0.3 is 0 Å². The number of benzene rings is 9. The van der Waals surface area contributed by atoms with Gasteiger partial charge in [0.15, 0.2) is 0 Å². The molecule has 0 radical (unpaired) electrons. The molecule has 0 amide bonds. The third kappa shape index (κ3) is 7.75. The average Bonchev–Trinajstić information content (AvgIpc) is 3.29. The Hall–Kier alpha value is -5.74. The van der Waals surface area contributed by atoms with E-state index < -0.39 is 0 Å². The molecule has 0 saturated heterocycles. The van der Waals surface area contributed by atoms with Gasteiger partial charge in [-0.3, -0.25) is 0 Å². The molecule has 65 heavy (non-hydrogen) atoms. The Morgan fingerprint density at radius 2 is 0.892 bits per heavy atom. The minimum absolute atomic E-state index is 0.0300. The number of hydrogen-bond acceptors (Lipinski definition) is 2. The van der Waals surface area contributed by atoms with Crippen molar-refractivity contribution in [2.75, 3.05) is 0 Å². The van der Waals surface area contributed by atoms with E-state index in [1.807, 2.05) is 11.8 Å². The zero-order valence-electron chi connectivity index (χ0n) is 39.2. The summed E-state index contributed by atoms with van der Waals surface area (Å²) in [4.78, 5) is 3.69. The van der Waals surface area contributed by atoms with Gasteiger partial charge in [0, 0.05) is 15.2 Å². The van der Waals surface area contributed by atoms with E-state index in [2.05, 4.69) is 238 Å². The van der Waals surface area contributed by atoms with Crippen molar-refractivity contribution in [2.45, 2.75) is 93.2 Å². The van der Waals surface area contributed by atoms with Crippen LogP contribution in [0.4, 0.5) is 0 Å². The van der Waals surface area contributed by atoms with Crippen LogP contribution in [-0.4, -0.2) is 6.71 Å². The van der Waals surface area contributed by atoms with Crippen molar-refractivity contribution in [1.82, 2.24) is 0 Å². The molecule has 1 aliphatic rings. The van der Waals surface area contributed by atoms with Crippen LogP contribution >= 0.6 is 24.4 Å². The van der Waals surface area contributed by atoms with E-state index >= 15 is 0 Å². The van der Waals surface area contributed by atoms with Gasteiger partial charge in [0.05, 0.1) is 0 Å². The SMILES string of the molecule is Cc1cc(-c2cc(-c3c4ccccc4c(-c4ccccc4)c4ccccc34)cc(C(C)(C)c3ccccc3)c2)cc2c1B(c1ccc(C(C)(C)C)cc1S)c1ccc(C(C)(C)C)cc1S2. The summed E-state index contributed by atoms with van der Waals surface area (Å²) in [5.74, 6) is 0. The Kier molecular flexibility index (Phi) is 10.8. The van der Waals surface area contributed by atoms with Crippen LogP contribution in [0, 0.1) is 6.92 Å².